The van der Waals surface area contributed by atoms with E-state index >= 15 is 0 Å². The first-order valence-corrected chi connectivity index (χ1v) is 6.82. The third kappa shape index (κ3) is 2.53. The lowest BCUT2D eigenvalue weighted by Crippen LogP contribution is -2.32. The summed E-state index contributed by atoms with van der Waals surface area (Å²) in [5, 5.41) is 9.48. The van der Waals surface area contributed by atoms with E-state index in [-0.39, 0.29) is 0 Å². The zero-order chi connectivity index (χ0) is 13.3. The second-order valence-electron chi connectivity index (χ2n) is 5.13. The van der Waals surface area contributed by atoms with Crippen LogP contribution >= 0.6 is 15.9 Å². The molecule has 1 aromatic rings. The second-order valence-corrected chi connectivity index (χ2v) is 6.05. The fourth-order valence-corrected chi connectivity index (χ4v) is 2.80. The van der Waals surface area contributed by atoms with Crippen molar-refractivity contribution in [3.05, 3.63) is 28.2 Å². The summed E-state index contributed by atoms with van der Waals surface area (Å²) in [6.07, 6.45) is 2.54. The zero-order valence-electron chi connectivity index (χ0n) is 10.6. The number of carboxylic acid groups (broad SMARTS) is 1. The van der Waals surface area contributed by atoms with Crippen LogP contribution in [-0.4, -0.2) is 18.2 Å². The summed E-state index contributed by atoms with van der Waals surface area (Å²) in [6.45, 7) is 1.84. The van der Waals surface area contributed by atoms with Crippen molar-refractivity contribution in [3.63, 3.8) is 0 Å². The number of benzene rings is 1. The van der Waals surface area contributed by atoms with E-state index in [1.165, 1.54) is 0 Å². The Balaban J connectivity index is 2.31. The van der Waals surface area contributed by atoms with Gasteiger partial charge in [0.15, 0.2) is 0 Å². The highest BCUT2D eigenvalue weighted by Gasteiger charge is 2.47. The second kappa shape index (κ2) is 4.92. The minimum absolute atomic E-state index is 0.290. The molecule has 2 rings (SSSR count). The van der Waals surface area contributed by atoms with Crippen LogP contribution in [-0.2, 0) is 11.2 Å². The molecule has 1 aromatic carbocycles. The van der Waals surface area contributed by atoms with Crippen LogP contribution in [0.3, 0.4) is 0 Å². The number of ether oxygens (including phenoxy) is 1. The Morgan fingerprint density at radius 1 is 1.56 bits per heavy atom. The molecule has 18 heavy (non-hydrogen) atoms. The topological polar surface area (TPSA) is 46.5 Å². The van der Waals surface area contributed by atoms with Gasteiger partial charge in [-0.2, -0.15) is 0 Å². The molecule has 1 fully saturated rings. The monoisotopic (exact) mass is 312 g/mol. The minimum atomic E-state index is -0.716. The Morgan fingerprint density at radius 3 is 2.72 bits per heavy atom. The number of rotatable bonds is 5. The van der Waals surface area contributed by atoms with E-state index in [1.807, 2.05) is 25.1 Å². The summed E-state index contributed by atoms with van der Waals surface area (Å²) < 4.78 is 6.26. The van der Waals surface area contributed by atoms with Crippen LogP contribution in [0.1, 0.15) is 25.3 Å². The molecule has 3 nitrogen and oxygen atoms in total. The lowest BCUT2D eigenvalue weighted by Gasteiger charge is -2.25. The van der Waals surface area contributed by atoms with Crippen LogP contribution in [0.25, 0.3) is 0 Å². The van der Waals surface area contributed by atoms with Crippen LogP contribution < -0.4 is 4.74 Å². The first-order valence-electron chi connectivity index (χ1n) is 6.03. The van der Waals surface area contributed by atoms with E-state index in [2.05, 4.69) is 15.9 Å². The van der Waals surface area contributed by atoms with Gasteiger partial charge in [-0.25, -0.2) is 0 Å². The molecular formula is C14H17BrO3. The number of hydrogen-bond donors (Lipinski definition) is 1. The molecule has 0 heterocycles. The van der Waals surface area contributed by atoms with Gasteiger partial charge in [-0.15, -0.1) is 0 Å². The van der Waals surface area contributed by atoms with Crippen LogP contribution in [0.5, 0.6) is 5.75 Å². The molecule has 1 atom stereocenters. The molecule has 0 radical (unpaired) electrons. The van der Waals surface area contributed by atoms with Gasteiger partial charge in [0.25, 0.3) is 0 Å². The van der Waals surface area contributed by atoms with Crippen molar-refractivity contribution in [2.75, 3.05) is 7.11 Å². The first-order chi connectivity index (χ1) is 8.47. The van der Waals surface area contributed by atoms with Gasteiger partial charge >= 0.3 is 5.97 Å². The number of methoxy groups -OCH3 is 1. The Hall–Kier alpha value is -1.03. The summed E-state index contributed by atoms with van der Waals surface area (Å²) in [5.74, 6) is 0.331. The maximum absolute atomic E-state index is 11.5. The number of aliphatic carboxylic acids is 1. The van der Waals surface area contributed by atoms with Crippen LogP contribution in [0, 0.1) is 11.3 Å². The van der Waals surface area contributed by atoms with Gasteiger partial charge in [0.1, 0.15) is 5.75 Å². The Kier molecular flexibility index (Phi) is 3.66. The lowest BCUT2D eigenvalue weighted by atomic mass is 9.79. The fourth-order valence-electron chi connectivity index (χ4n) is 2.40. The smallest absolute Gasteiger partial charge is 0.309 e. The summed E-state index contributed by atoms with van der Waals surface area (Å²) >= 11 is 3.42. The van der Waals surface area contributed by atoms with E-state index in [0.717, 1.165) is 28.6 Å². The van der Waals surface area contributed by atoms with E-state index in [0.29, 0.717) is 12.3 Å². The van der Waals surface area contributed by atoms with E-state index in [4.69, 9.17) is 4.74 Å². The molecule has 0 aliphatic heterocycles. The maximum atomic E-state index is 11.5. The molecule has 98 valence electrons. The number of halogens is 1. The van der Waals surface area contributed by atoms with Gasteiger partial charge in [-0.1, -0.05) is 15.9 Å². The number of hydrogen-bond acceptors (Lipinski definition) is 2. The summed E-state index contributed by atoms with van der Waals surface area (Å²) in [7, 11) is 1.61. The maximum Gasteiger partial charge on any atom is 0.309 e. The molecule has 1 aliphatic carbocycles. The van der Waals surface area contributed by atoms with E-state index < -0.39 is 11.4 Å². The zero-order valence-corrected chi connectivity index (χ0v) is 12.2. The lowest BCUT2D eigenvalue weighted by molar-refractivity contribution is -0.149. The number of carbonyl (C=O) groups is 1. The highest BCUT2D eigenvalue weighted by molar-refractivity contribution is 9.10. The minimum Gasteiger partial charge on any atom is -0.496 e. The van der Waals surface area contributed by atoms with Crippen molar-refractivity contribution in [2.45, 2.75) is 26.2 Å². The average molecular weight is 313 g/mol. The van der Waals surface area contributed by atoms with Crippen LogP contribution in [0.2, 0.25) is 0 Å². The SMILES string of the molecule is COc1ccc(Br)cc1CC(C)(C(=O)O)C1CC1. The van der Waals surface area contributed by atoms with E-state index in [9.17, 15) is 9.90 Å². The molecular weight excluding hydrogens is 296 g/mol. The number of carboxylic acids is 1. The predicted molar refractivity (Wildman–Crippen MR) is 72.9 cm³/mol. The molecule has 4 heteroatoms. The van der Waals surface area contributed by atoms with Crippen LogP contribution in [0.15, 0.2) is 22.7 Å². The Morgan fingerprint density at radius 2 is 2.22 bits per heavy atom. The third-order valence-corrected chi connectivity index (χ3v) is 4.26. The molecule has 0 amide bonds. The van der Waals surface area contributed by atoms with Crippen molar-refractivity contribution in [3.8, 4) is 5.75 Å². The molecule has 1 saturated carbocycles. The summed E-state index contributed by atoms with van der Waals surface area (Å²) in [4.78, 5) is 11.5. The molecule has 0 bridgehead atoms. The van der Waals surface area contributed by atoms with Gasteiger partial charge < -0.3 is 9.84 Å². The van der Waals surface area contributed by atoms with Gasteiger partial charge in [0.2, 0.25) is 0 Å². The molecule has 1 aliphatic rings. The first kappa shape index (κ1) is 13.4. The average Bonchev–Trinajstić information content (AvgIpc) is 3.13. The van der Waals surface area contributed by atoms with Gasteiger partial charge in [-0.3, -0.25) is 4.79 Å². The van der Waals surface area contributed by atoms with Gasteiger partial charge in [0.05, 0.1) is 12.5 Å². The molecule has 1 N–H and O–H groups in total. The highest BCUT2D eigenvalue weighted by atomic mass is 79.9. The summed E-state index contributed by atoms with van der Waals surface area (Å²) in [5.41, 5.74) is 0.261. The van der Waals surface area contributed by atoms with Gasteiger partial charge in [0, 0.05) is 4.47 Å². The standard InChI is InChI=1S/C14H17BrO3/c1-14(13(16)17,10-3-4-10)8-9-7-11(15)5-6-12(9)18-2/h5-7,10H,3-4,8H2,1-2H3,(H,16,17). The van der Waals surface area contributed by atoms with Crippen molar-refractivity contribution in [1.82, 2.24) is 0 Å². The van der Waals surface area contributed by atoms with Crippen molar-refractivity contribution in [1.29, 1.82) is 0 Å². The third-order valence-electron chi connectivity index (χ3n) is 3.77. The predicted octanol–water partition coefficient (Wildman–Crippen LogP) is 3.50. The normalized spacial score (nSPS) is 18.2. The quantitative estimate of drug-likeness (QED) is 0.905. The summed E-state index contributed by atoms with van der Waals surface area (Å²) in [6, 6.07) is 5.72. The Labute approximate surface area is 115 Å². The molecule has 0 spiro atoms. The molecule has 1 unspecified atom stereocenters. The van der Waals surface area contributed by atoms with Crippen LogP contribution in [0.4, 0.5) is 0 Å². The largest absolute Gasteiger partial charge is 0.496 e. The van der Waals surface area contributed by atoms with Gasteiger partial charge in [-0.05, 0) is 55.9 Å². The fraction of sp³-hybridized carbons (Fsp3) is 0.500. The molecule has 0 saturated heterocycles. The van der Waals surface area contributed by atoms with Crippen molar-refractivity contribution in [2.24, 2.45) is 11.3 Å². The molecule has 0 aromatic heterocycles. The van der Waals surface area contributed by atoms with E-state index in [1.54, 1.807) is 7.11 Å². The van der Waals surface area contributed by atoms with Crippen molar-refractivity contribution < 1.29 is 14.6 Å². The van der Waals surface area contributed by atoms with Crippen molar-refractivity contribution >= 4 is 21.9 Å². The highest BCUT2D eigenvalue weighted by Crippen LogP contribution is 2.48. The Bertz CT molecular complexity index is 468.